The molecule has 1 saturated heterocycles. The van der Waals surface area contributed by atoms with Crippen LogP contribution in [0.25, 0.3) is 22.0 Å². The van der Waals surface area contributed by atoms with Crippen molar-refractivity contribution in [3.8, 4) is 11.1 Å². The summed E-state index contributed by atoms with van der Waals surface area (Å²) in [5.41, 5.74) is 3.96. The molecule has 0 radical (unpaired) electrons. The molecule has 9 nitrogen and oxygen atoms in total. The predicted molar refractivity (Wildman–Crippen MR) is 161 cm³/mol. The van der Waals surface area contributed by atoms with Crippen molar-refractivity contribution in [1.29, 1.82) is 0 Å². The predicted octanol–water partition coefficient (Wildman–Crippen LogP) is 3.27. The van der Waals surface area contributed by atoms with Crippen molar-refractivity contribution >= 4 is 28.4 Å². The number of carboxylic acids is 1. The highest BCUT2D eigenvalue weighted by Gasteiger charge is 2.21. The van der Waals surface area contributed by atoms with Crippen molar-refractivity contribution in [1.82, 2.24) is 20.2 Å². The number of fused-ring (bicyclic) bond motifs is 1. The van der Waals surface area contributed by atoms with Gasteiger partial charge in [-0.05, 0) is 49.4 Å². The number of carboxylic acid groups (broad SMARTS) is 1. The number of likely N-dealkylation sites (N-methyl/N-ethyl adjacent to an activating group) is 2. The highest BCUT2D eigenvalue weighted by molar-refractivity contribution is 5.98. The zero-order chi connectivity index (χ0) is 28.1. The minimum absolute atomic E-state index is 0.214. The van der Waals surface area contributed by atoms with E-state index in [2.05, 4.69) is 56.6 Å². The lowest BCUT2D eigenvalue weighted by Gasteiger charge is -2.30. The van der Waals surface area contributed by atoms with Gasteiger partial charge in [0.25, 0.3) is 0 Å². The molecule has 0 amide bonds. The molecule has 2 aromatic heterocycles. The van der Waals surface area contributed by atoms with Gasteiger partial charge in [0.15, 0.2) is 0 Å². The van der Waals surface area contributed by atoms with Crippen LogP contribution in [-0.4, -0.2) is 73.5 Å². The molecular formula is C31H36N6O3. The SMILES string of the molecule is CCN(CCNC)c1ccc(-c2ccc(Cn3cc(C(=O)O)c(=O)c4c(N5CCNCC5)cccc43)cc2)cn1. The second-order valence-electron chi connectivity index (χ2n) is 10.00. The molecule has 0 unspecified atom stereocenters. The average molecular weight is 541 g/mol. The second kappa shape index (κ2) is 12.3. The van der Waals surface area contributed by atoms with E-state index < -0.39 is 11.4 Å². The molecule has 9 heteroatoms. The number of benzene rings is 2. The first-order valence-corrected chi connectivity index (χ1v) is 13.8. The zero-order valence-corrected chi connectivity index (χ0v) is 23.1. The number of aromatic carboxylic acids is 1. The van der Waals surface area contributed by atoms with Crippen LogP contribution in [0.1, 0.15) is 22.8 Å². The first-order chi connectivity index (χ1) is 19.5. The molecular weight excluding hydrogens is 504 g/mol. The van der Waals surface area contributed by atoms with E-state index in [0.29, 0.717) is 11.9 Å². The summed E-state index contributed by atoms with van der Waals surface area (Å²) in [6.07, 6.45) is 3.37. The second-order valence-corrected chi connectivity index (χ2v) is 10.00. The van der Waals surface area contributed by atoms with E-state index in [1.165, 1.54) is 6.20 Å². The summed E-state index contributed by atoms with van der Waals surface area (Å²) < 4.78 is 1.88. The van der Waals surface area contributed by atoms with Gasteiger partial charge >= 0.3 is 5.97 Å². The maximum atomic E-state index is 13.3. The number of anilines is 2. The van der Waals surface area contributed by atoms with Gasteiger partial charge in [-0.15, -0.1) is 0 Å². The third-order valence-corrected chi connectivity index (χ3v) is 7.50. The standard InChI is InChI=1S/C31H36N6O3/c1-3-35(16-13-32-2)28-12-11-24(19-34-28)23-9-7-22(8-10-23)20-37-21-25(31(39)40)30(38)29-26(5-4-6-27(29)37)36-17-14-33-15-18-36/h4-12,19,21,32-33H,3,13-18,20H2,1-2H3,(H,39,40). The zero-order valence-electron chi connectivity index (χ0n) is 23.1. The fraction of sp³-hybridized carbons (Fsp3) is 0.323. The van der Waals surface area contributed by atoms with Crippen LogP contribution < -0.4 is 25.9 Å². The summed E-state index contributed by atoms with van der Waals surface area (Å²) in [5.74, 6) is -0.257. The fourth-order valence-electron chi connectivity index (χ4n) is 5.30. The van der Waals surface area contributed by atoms with Crippen LogP contribution in [0.3, 0.4) is 0 Å². The molecule has 1 aliphatic rings. The molecule has 0 aliphatic carbocycles. The third kappa shape index (κ3) is 5.71. The van der Waals surface area contributed by atoms with E-state index in [1.807, 2.05) is 48.1 Å². The van der Waals surface area contributed by atoms with Crippen molar-refractivity contribution < 1.29 is 9.90 Å². The lowest BCUT2D eigenvalue weighted by atomic mass is 10.0. The molecule has 1 fully saturated rings. The molecule has 3 heterocycles. The Morgan fingerprint density at radius 3 is 2.48 bits per heavy atom. The highest BCUT2D eigenvalue weighted by Crippen LogP contribution is 2.27. The number of hydrogen-bond acceptors (Lipinski definition) is 7. The van der Waals surface area contributed by atoms with Crippen LogP contribution in [-0.2, 0) is 6.54 Å². The number of nitrogens with zero attached hydrogens (tertiary/aromatic N) is 4. The minimum Gasteiger partial charge on any atom is -0.477 e. The Hall–Kier alpha value is -4.21. The van der Waals surface area contributed by atoms with Gasteiger partial charge in [-0.25, -0.2) is 9.78 Å². The fourth-order valence-corrected chi connectivity index (χ4v) is 5.30. The number of carbonyl (C=O) groups is 1. The highest BCUT2D eigenvalue weighted by atomic mass is 16.4. The Morgan fingerprint density at radius 1 is 1.07 bits per heavy atom. The maximum Gasteiger partial charge on any atom is 0.341 e. The molecule has 2 aromatic carbocycles. The third-order valence-electron chi connectivity index (χ3n) is 7.50. The first kappa shape index (κ1) is 27.4. The molecule has 4 aromatic rings. The molecule has 3 N–H and O–H groups in total. The maximum absolute atomic E-state index is 13.3. The van der Waals surface area contributed by atoms with Gasteiger partial charge in [0.1, 0.15) is 11.4 Å². The minimum atomic E-state index is -1.21. The summed E-state index contributed by atoms with van der Waals surface area (Å²) in [4.78, 5) is 34.5. The Kier molecular flexibility index (Phi) is 8.42. The molecule has 5 rings (SSSR count). The molecule has 0 atom stereocenters. The van der Waals surface area contributed by atoms with Gasteiger partial charge in [-0.2, -0.15) is 0 Å². The van der Waals surface area contributed by atoms with Crippen molar-refractivity contribution in [2.45, 2.75) is 13.5 Å². The van der Waals surface area contributed by atoms with E-state index in [9.17, 15) is 14.7 Å². The quantitative estimate of drug-likeness (QED) is 0.282. The van der Waals surface area contributed by atoms with Gasteiger partial charge in [-0.3, -0.25) is 4.79 Å². The van der Waals surface area contributed by atoms with E-state index in [-0.39, 0.29) is 5.56 Å². The van der Waals surface area contributed by atoms with Crippen LogP contribution in [0.5, 0.6) is 0 Å². The lowest BCUT2D eigenvalue weighted by molar-refractivity contribution is 0.0695. The van der Waals surface area contributed by atoms with Crippen LogP contribution in [0.2, 0.25) is 0 Å². The number of rotatable bonds is 10. The summed E-state index contributed by atoms with van der Waals surface area (Å²) in [6, 6.07) is 18.1. The van der Waals surface area contributed by atoms with Gasteiger partial charge in [0, 0.05) is 70.3 Å². The van der Waals surface area contributed by atoms with Crippen molar-refractivity contribution in [3.05, 3.63) is 88.3 Å². The van der Waals surface area contributed by atoms with Crippen LogP contribution in [0.4, 0.5) is 11.5 Å². The van der Waals surface area contributed by atoms with Gasteiger partial charge in [0.05, 0.1) is 16.6 Å². The summed E-state index contributed by atoms with van der Waals surface area (Å²) in [6.45, 7) is 8.42. The monoisotopic (exact) mass is 540 g/mol. The Balaban J connectivity index is 1.43. The molecule has 0 saturated carbocycles. The smallest absolute Gasteiger partial charge is 0.341 e. The summed E-state index contributed by atoms with van der Waals surface area (Å²) in [7, 11) is 1.95. The number of piperazine rings is 1. The lowest BCUT2D eigenvalue weighted by Crippen LogP contribution is -2.44. The van der Waals surface area contributed by atoms with E-state index >= 15 is 0 Å². The van der Waals surface area contributed by atoms with E-state index in [4.69, 9.17) is 0 Å². The van der Waals surface area contributed by atoms with Gasteiger partial charge in [-0.1, -0.05) is 30.3 Å². The van der Waals surface area contributed by atoms with Crippen LogP contribution >= 0.6 is 0 Å². The number of hydrogen-bond donors (Lipinski definition) is 3. The van der Waals surface area contributed by atoms with Gasteiger partial charge < -0.3 is 30.1 Å². The number of pyridine rings is 2. The molecule has 40 heavy (non-hydrogen) atoms. The van der Waals surface area contributed by atoms with E-state index in [1.54, 1.807) is 0 Å². The van der Waals surface area contributed by atoms with Crippen LogP contribution in [0, 0.1) is 0 Å². The molecule has 0 spiro atoms. The van der Waals surface area contributed by atoms with Gasteiger partial charge in [0.2, 0.25) is 5.43 Å². The Morgan fingerprint density at radius 2 is 1.82 bits per heavy atom. The van der Waals surface area contributed by atoms with Crippen molar-refractivity contribution in [3.63, 3.8) is 0 Å². The summed E-state index contributed by atoms with van der Waals surface area (Å²) >= 11 is 0. The number of aromatic nitrogens is 2. The largest absolute Gasteiger partial charge is 0.477 e. The first-order valence-electron chi connectivity index (χ1n) is 13.8. The Labute approximate surface area is 234 Å². The van der Waals surface area contributed by atoms with Crippen molar-refractivity contribution in [2.24, 2.45) is 0 Å². The summed E-state index contributed by atoms with van der Waals surface area (Å²) in [5, 5.41) is 16.8. The van der Waals surface area contributed by atoms with Crippen LogP contribution in [0.15, 0.2) is 71.8 Å². The number of nitrogens with one attached hydrogen (secondary N) is 2. The molecule has 0 bridgehead atoms. The van der Waals surface area contributed by atoms with Crippen molar-refractivity contribution in [2.75, 3.05) is 62.7 Å². The molecule has 208 valence electrons. The average Bonchev–Trinajstić information content (AvgIpc) is 2.99. The topological polar surface area (TPSA) is 103 Å². The normalized spacial score (nSPS) is 13.5. The molecule has 1 aliphatic heterocycles. The van der Waals surface area contributed by atoms with E-state index in [0.717, 1.165) is 79.5 Å². The Bertz CT molecular complexity index is 1530.